The third kappa shape index (κ3) is 4.25. The molecule has 4 rings (SSSR count). The van der Waals surface area contributed by atoms with E-state index in [2.05, 4.69) is 0 Å². The van der Waals surface area contributed by atoms with Crippen molar-refractivity contribution >= 4 is 29.1 Å². The number of amides is 1. The fourth-order valence-corrected chi connectivity index (χ4v) is 4.06. The van der Waals surface area contributed by atoms with Crippen LogP contribution in [0.5, 0.6) is 5.75 Å². The van der Waals surface area contributed by atoms with E-state index in [1.54, 1.807) is 24.3 Å². The zero-order chi connectivity index (χ0) is 22.7. The minimum absolute atomic E-state index is 0.0504. The van der Waals surface area contributed by atoms with Gasteiger partial charge >= 0.3 is 0 Å². The van der Waals surface area contributed by atoms with Crippen molar-refractivity contribution in [2.75, 3.05) is 6.61 Å². The molecule has 1 heterocycles. The molecular formula is C26H22ClNO4. The van der Waals surface area contributed by atoms with Crippen LogP contribution < -0.4 is 4.74 Å². The van der Waals surface area contributed by atoms with Gasteiger partial charge in [-0.25, -0.2) is 0 Å². The highest BCUT2D eigenvalue weighted by Crippen LogP contribution is 2.40. The molecule has 5 nitrogen and oxygen atoms in total. The number of ketones is 1. The van der Waals surface area contributed by atoms with Crippen molar-refractivity contribution in [3.05, 3.63) is 106 Å². The molecule has 1 saturated heterocycles. The van der Waals surface area contributed by atoms with E-state index in [1.807, 2.05) is 61.5 Å². The lowest BCUT2D eigenvalue weighted by Gasteiger charge is -2.25. The summed E-state index contributed by atoms with van der Waals surface area (Å²) in [5.41, 5.74) is 2.02. The van der Waals surface area contributed by atoms with Crippen molar-refractivity contribution < 1.29 is 19.4 Å². The zero-order valence-corrected chi connectivity index (χ0v) is 18.3. The quantitative estimate of drug-likeness (QED) is 0.314. The van der Waals surface area contributed by atoms with Crippen LogP contribution in [0.15, 0.2) is 84.4 Å². The Kier molecular flexibility index (Phi) is 6.28. The van der Waals surface area contributed by atoms with Gasteiger partial charge in [0.2, 0.25) is 0 Å². The average molecular weight is 448 g/mol. The smallest absolute Gasteiger partial charge is 0.295 e. The van der Waals surface area contributed by atoms with E-state index in [-0.39, 0.29) is 17.9 Å². The van der Waals surface area contributed by atoms with Crippen molar-refractivity contribution in [1.82, 2.24) is 4.90 Å². The second-order valence-corrected chi connectivity index (χ2v) is 7.86. The van der Waals surface area contributed by atoms with Crippen LogP contribution in [-0.2, 0) is 16.1 Å². The number of aliphatic hydroxyl groups is 1. The summed E-state index contributed by atoms with van der Waals surface area (Å²) in [5.74, 6) is -0.883. The number of hydrogen-bond acceptors (Lipinski definition) is 4. The molecule has 162 valence electrons. The predicted molar refractivity (Wildman–Crippen MR) is 123 cm³/mol. The number of carbonyl (C=O) groups excluding carboxylic acids is 2. The predicted octanol–water partition coefficient (Wildman–Crippen LogP) is 5.36. The van der Waals surface area contributed by atoms with Gasteiger partial charge in [-0.2, -0.15) is 0 Å². The molecule has 1 fully saturated rings. The van der Waals surface area contributed by atoms with Crippen LogP contribution in [0.2, 0.25) is 5.02 Å². The van der Waals surface area contributed by atoms with Crippen LogP contribution in [0, 0.1) is 0 Å². The van der Waals surface area contributed by atoms with Gasteiger partial charge in [0.1, 0.15) is 11.5 Å². The Morgan fingerprint density at radius 2 is 1.72 bits per heavy atom. The van der Waals surface area contributed by atoms with Crippen LogP contribution in [-0.4, -0.2) is 28.3 Å². The first kappa shape index (κ1) is 21.7. The van der Waals surface area contributed by atoms with Gasteiger partial charge in [0.05, 0.1) is 18.2 Å². The van der Waals surface area contributed by atoms with E-state index in [0.29, 0.717) is 17.2 Å². The molecule has 1 aliphatic heterocycles. The molecule has 32 heavy (non-hydrogen) atoms. The number of Topliss-reactive ketones (excluding diaryl/α,β-unsaturated/α-hetero) is 1. The summed E-state index contributed by atoms with van der Waals surface area (Å²) in [7, 11) is 0. The fourth-order valence-electron chi connectivity index (χ4n) is 3.87. The van der Waals surface area contributed by atoms with Crippen LogP contribution in [0.1, 0.15) is 29.7 Å². The first-order chi connectivity index (χ1) is 15.5. The Bertz CT molecular complexity index is 1170. The van der Waals surface area contributed by atoms with Crippen LogP contribution in [0.4, 0.5) is 0 Å². The number of nitrogens with zero attached hydrogens (tertiary/aromatic N) is 1. The largest absolute Gasteiger partial charge is 0.507 e. The van der Waals surface area contributed by atoms with Gasteiger partial charge in [-0.15, -0.1) is 0 Å². The Morgan fingerprint density at radius 3 is 2.38 bits per heavy atom. The van der Waals surface area contributed by atoms with Gasteiger partial charge in [-0.3, -0.25) is 9.59 Å². The highest BCUT2D eigenvalue weighted by Gasteiger charge is 2.46. The summed E-state index contributed by atoms with van der Waals surface area (Å²) in [6, 6.07) is 22.5. The Balaban J connectivity index is 1.78. The molecule has 6 heteroatoms. The van der Waals surface area contributed by atoms with Crippen molar-refractivity contribution in [3.63, 3.8) is 0 Å². The minimum atomic E-state index is -0.721. The van der Waals surface area contributed by atoms with Gasteiger partial charge in [-0.05, 0) is 42.3 Å². The molecule has 1 atom stereocenters. The minimum Gasteiger partial charge on any atom is -0.507 e. The fraction of sp³-hybridized carbons (Fsp3) is 0.154. The number of likely N-dealkylation sites (tertiary alicyclic amines) is 1. The summed E-state index contributed by atoms with van der Waals surface area (Å²) < 4.78 is 5.48. The van der Waals surface area contributed by atoms with E-state index < -0.39 is 17.7 Å². The second-order valence-electron chi connectivity index (χ2n) is 7.42. The summed E-state index contributed by atoms with van der Waals surface area (Å²) >= 11 is 6.08. The molecule has 1 N–H and O–H groups in total. The second kappa shape index (κ2) is 9.28. The van der Waals surface area contributed by atoms with E-state index in [4.69, 9.17) is 16.3 Å². The van der Waals surface area contributed by atoms with Gasteiger partial charge in [-0.1, -0.05) is 66.2 Å². The van der Waals surface area contributed by atoms with Gasteiger partial charge in [0.15, 0.2) is 0 Å². The van der Waals surface area contributed by atoms with Crippen LogP contribution >= 0.6 is 11.6 Å². The Labute approximate surface area is 191 Å². The Hall–Kier alpha value is -3.57. The molecule has 0 aromatic heterocycles. The number of aliphatic hydroxyl groups excluding tert-OH is 1. The normalized spacial score (nSPS) is 17.6. The van der Waals surface area contributed by atoms with Crippen molar-refractivity contribution in [1.29, 1.82) is 0 Å². The third-order valence-electron chi connectivity index (χ3n) is 5.34. The number of ether oxygens (including phenoxy) is 1. The molecular weight excluding hydrogens is 426 g/mol. The monoisotopic (exact) mass is 447 g/mol. The molecule has 1 amide bonds. The number of hydrogen-bond donors (Lipinski definition) is 1. The lowest BCUT2D eigenvalue weighted by atomic mass is 9.95. The molecule has 1 unspecified atom stereocenters. The average Bonchev–Trinajstić information content (AvgIpc) is 3.05. The highest BCUT2D eigenvalue weighted by molar-refractivity contribution is 6.46. The highest BCUT2D eigenvalue weighted by atomic mass is 35.5. The number of rotatable bonds is 6. The van der Waals surface area contributed by atoms with Crippen LogP contribution in [0.3, 0.4) is 0 Å². The number of carbonyl (C=O) groups is 2. The molecule has 3 aromatic carbocycles. The summed E-state index contributed by atoms with van der Waals surface area (Å²) in [5, 5.41) is 11.5. The molecule has 3 aromatic rings. The lowest BCUT2D eigenvalue weighted by molar-refractivity contribution is -0.140. The SMILES string of the molecule is CCOc1ccc(CN2C(=O)C(=O)/C(=C(\O)c3cccc(Cl)c3)C2c2ccccc2)cc1. The molecule has 0 spiro atoms. The van der Waals surface area contributed by atoms with Gasteiger partial charge in [0.25, 0.3) is 11.7 Å². The molecule has 0 bridgehead atoms. The lowest BCUT2D eigenvalue weighted by Crippen LogP contribution is -2.29. The van der Waals surface area contributed by atoms with Gasteiger partial charge in [0, 0.05) is 17.1 Å². The first-order valence-electron chi connectivity index (χ1n) is 10.3. The standard InChI is InChI=1S/C26H22ClNO4/c1-2-32-21-13-11-17(12-14-21)16-28-23(18-7-4-3-5-8-18)22(25(30)26(28)31)24(29)19-9-6-10-20(27)15-19/h3-15,23,29H,2,16H2,1H3/b24-22-. The molecule has 0 saturated carbocycles. The maximum Gasteiger partial charge on any atom is 0.295 e. The van der Waals surface area contributed by atoms with E-state index in [1.165, 1.54) is 4.90 Å². The van der Waals surface area contributed by atoms with E-state index in [0.717, 1.165) is 16.9 Å². The third-order valence-corrected chi connectivity index (χ3v) is 5.58. The van der Waals surface area contributed by atoms with E-state index >= 15 is 0 Å². The number of halogens is 1. The van der Waals surface area contributed by atoms with Crippen LogP contribution in [0.25, 0.3) is 5.76 Å². The summed E-state index contributed by atoms with van der Waals surface area (Å²) in [4.78, 5) is 27.6. The summed E-state index contributed by atoms with van der Waals surface area (Å²) in [6.45, 7) is 2.68. The summed E-state index contributed by atoms with van der Waals surface area (Å²) in [6.07, 6.45) is 0. The van der Waals surface area contributed by atoms with Gasteiger partial charge < -0.3 is 14.7 Å². The Morgan fingerprint density at radius 1 is 1.00 bits per heavy atom. The maximum atomic E-state index is 13.1. The van der Waals surface area contributed by atoms with Crippen molar-refractivity contribution in [3.8, 4) is 5.75 Å². The molecule has 1 aliphatic rings. The van der Waals surface area contributed by atoms with E-state index in [9.17, 15) is 14.7 Å². The van der Waals surface area contributed by atoms with Crippen molar-refractivity contribution in [2.24, 2.45) is 0 Å². The maximum absolute atomic E-state index is 13.1. The zero-order valence-electron chi connectivity index (χ0n) is 17.5. The molecule has 0 aliphatic carbocycles. The first-order valence-corrected chi connectivity index (χ1v) is 10.7. The van der Waals surface area contributed by atoms with Crippen molar-refractivity contribution in [2.45, 2.75) is 19.5 Å². The number of benzene rings is 3. The molecule has 0 radical (unpaired) electrons. The topological polar surface area (TPSA) is 66.8 Å².